The normalized spacial score (nSPS) is 16.4. The second-order valence-corrected chi connectivity index (χ2v) is 9.73. The van der Waals surface area contributed by atoms with Gasteiger partial charge in [-0.15, -0.1) is 0 Å². The Kier molecular flexibility index (Phi) is 5.56. The van der Waals surface area contributed by atoms with Crippen LogP contribution in [0.3, 0.4) is 0 Å². The van der Waals surface area contributed by atoms with Crippen molar-refractivity contribution >= 4 is 15.6 Å². The maximum Gasteiger partial charge on any atom is 0.167 e. The molecule has 0 saturated carbocycles. The van der Waals surface area contributed by atoms with Crippen LogP contribution >= 0.6 is 0 Å². The summed E-state index contributed by atoms with van der Waals surface area (Å²) in [6.07, 6.45) is 0.229. The molecule has 1 aliphatic rings. The summed E-state index contributed by atoms with van der Waals surface area (Å²) in [7, 11) is -3.16. The quantitative estimate of drug-likeness (QED) is 0.707. The first kappa shape index (κ1) is 19.4. The van der Waals surface area contributed by atoms with Crippen LogP contribution in [0.4, 0.5) is 0 Å². The fourth-order valence-electron chi connectivity index (χ4n) is 2.80. The number of fused-ring (bicyclic) bond motifs is 1. The number of ether oxygens (including phenoxy) is 2. The highest BCUT2D eigenvalue weighted by atomic mass is 32.2. The van der Waals surface area contributed by atoms with Gasteiger partial charge in [0, 0.05) is 12.0 Å². The van der Waals surface area contributed by atoms with Crippen molar-refractivity contribution in [1.82, 2.24) is 0 Å². The Morgan fingerprint density at radius 2 is 1.74 bits per heavy atom. The third kappa shape index (κ3) is 4.69. The molecule has 2 aromatic rings. The second-order valence-electron chi connectivity index (χ2n) is 7.17. The van der Waals surface area contributed by atoms with Crippen LogP contribution in [0.15, 0.2) is 42.5 Å². The summed E-state index contributed by atoms with van der Waals surface area (Å²) < 4.78 is 35.4. The zero-order valence-electron chi connectivity index (χ0n) is 15.8. The van der Waals surface area contributed by atoms with Crippen LogP contribution in [0.5, 0.6) is 11.5 Å². The number of carbonyl (C=O) groups excluding carboxylic acids is 1. The van der Waals surface area contributed by atoms with Crippen molar-refractivity contribution in [2.75, 3.05) is 6.61 Å². The van der Waals surface area contributed by atoms with Gasteiger partial charge < -0.3 is 9.47 Å². The Labute approximate surface area is 160 Å². The van der Waals surface area contributed by atoms with E-state index in [0.29, 0.717) is 29.2 Å². The fraction of sp³-hybridized carbons (Fsp3) is 0.381. The molecule has 0 spiro atoms. The van der Waals surface area contributed by atoms with E-state index >= 15 is 0 Å². The number of hydrogen-bond donors (Lipinski definition) is 0. The maximum atomic E-state index is 12.6. The van der Waals surface area contributed by atoms with Gasteiger partial charge in [-0.3, -0.25) is 4.79 Å². The Hall–Kier alpha value is -2.34. The first-order valence-corrected chi connectivity index (χ1v) is 10.7. The molecule has 0 bridgehead atoms. The molecule has 2 aromatic carbocycles. The summed E-state index contributed by atoms with van der Waals surface area (Å²) in [5, 5.41) is -0.420. The standard InChI is InChI=1S/C21H24O5S/c1-14(2)27(23,24)13-16-4-7-18(8-5-16)19(22)10-17-6-9-20-21(11-17)26-15(3)12-25-20/h4-9,11,14-15H,10,12-13H2,1-3H3. The Morgan fingerprint density at radius 1 is 1.07 bits per heavy atom. The van der Waals surface area contributed by atoms with Gasteiger partial charge in [0.1, 0.15) is 12.7 Å². The van der Waals surface area contributed by atoms with Crippen LogP contribution in [0.25, 0.3) is 0 Å². The van der Waals surface area contributed by atoms with Crippen molar-refractivity contribution in [3.05, 3.63) is 59.2 Å². The van der Waals surface area contributed by atoms with Crippen molar-refractivity contribution in [1.29, 1.82) is 0 Å². The average Bonchev–Trinajstić information content (AvgIpc) is 2.61. The van der Waals surface area contributed by atoms with Crippen LogP contribution in [0, 0.1) is 0 Å². The van der Waals surface area contributed by atoms with Crippen LogP contribution in [0.1, 0.15) is 42.3 Å². The van der Waals surface area contributed by atoms with Gasteiger partial charge in [0.25, 0.3) is 0 Å². The van der Waals surface area contributed by atoms with Gasteiger partial charge in [-0.25, -0.2) is 8.42 Å². The summed E-state index contributed by atoms with van der Waals surface area (Å²) in [6.45, 7) is 5.79. The van der Waals surface area contributed by atoms with Crippen LogP contribution < -0.4 is 9.47 Å². The molecule has 5 nitrogen and oxygen atoms in total. The topological polar surface area (TPSA) is 69.7 Å². The fourth-order valence-corrected chi connectivity index (χ4v) is 3.80. The number of ketones is 1. The minimum absolute atomic E-state index is 0.0144. The summed E-state index contributed by atoms with van der Waals surface area (Å²) in [4.78, 5) is 12.6. The SMILES string of the molecule is CC1COc2ccc(CC(=O)c3ccc(CS(=O)(=O)C(C)C)cc3)cc2O1. The van der Waals surface area contributed by atoms with Crippen LogP contribution in [-0.4, -0.2) is 32.2 Å². The molecule has 0 aliphatic carbocycles. The van der Waals surface area contributed by atoms with Gasteiger partial charge in [-0.1, -0.05) is 30.3 Å². The smallest absolute Gasteiger partial charge is 0.167 e. The third-order valence-electron chi connectivity index (χ3n) is 4.54. The monoisotopic (exact) mass is 388 g/mol. The number of benzene rings is 2. The molecule has 0 fully saturated rings. The number of sulfone groups is 1. The van der Waals surface area contributed by atoms with Gasteiger partial charge >= 0.3 is 0 Å². The van der Waals surface area contributed by atoms with Crippen molar-refractivity contribution < 1.29 is 22.7 Å². The average molecular weight is 388 g/mol. The third-order valence-corrected chi connectivity index (χ3v) is 6.71. The summed E-state index contributed by atoms with van der Waals surface area (Å²) in [6, 6.07) is 12.3. The van der Waals surface area contributed by atoms with Crippen molar-refractivity contribution in [3.8, 4) is 11.5 Å². The van der Waals surface area contributed by atoms with E-state index in [9.17, 15) is 13.2 Å². The van der Waals surface area contributed by atoms with Gasteiger partial charge in [-0.05, 0) is 44.0 Å². The zero-order chi connectivity index (χ0) is 19.6. The number of Topliss-reactive ketones (excluding diaryl/α,β-unsaturated/α-hetero) is 1. The van der Waals surface area contributed by atoms with Gasteiger partial charge in [0.2, 0.25) is 0 Å². The molecule has 0 aromatic heterocycles. The highest BCUT2D eigenvalue weighted by molar-refractivity contribution is 7.91. The number of carbonyl (C=O) groups is 1. The van der Waals surface area contributed by atoms with Crippen molar-refractivity contribution in [3.63, 3.8) is 0 Å². The molecular formula is C21H24O5S. The minimum Gasteiger partial charge on any atom is -0.486 e. The first-order chi connectivity index (χ1) is 12.7. The predicted octanol–water partition coefficient (Wildman–Crippen LogP) is 3.59. The molecule has 6 heteroatoms. The highest BCUT2D eigenvalue weighted by Crippen LogP contribution is 2.32. The lowest BCUT2D eigenvalue weighted by molar-refractivity contribution is 0.0989. The van der Waals surface area contributed by atoms with Crippen molar-refractivity contribution in [2.24, 2.45) is 0 Å². The Balaban J connectivity index is 1.69. The summed E-state index contributed by atoms with van der Waals surface area (Å²) in [5.74, 6) is 1.31. The lowest BCUT2D eigenvalue weighted by Gasteiger charge is -2.24. The second kappa shape index (κ2) is 7.72. The van der Waals surface area contributed by atoms with E-state index in [2.05, 4.69) is 0 Å². The molecule has 1 unspecified atom stereocenters. The minimum atomic E-state index is -3.16. The molecular weight excluding hydrogens is 364 g/mol. The van der Waals surface area contributed by atoms with Crippen molar-refractivity contribution in [2.45, 2.75) is 44.3 Å². The summed E-state index contributed by atoms with van der Waals surface area (Å²) >= 11 is 0. The van der Waals surface area contributed by atoms with Gasteiger partial charge in [0.15, 0.2) is 27.1 Å². The number of hydrogen-bond acceptors (Lipinski definition) is 5. The molecule has 0 N–H and O–H groups in total. The molecule has 0 amide bonds. The van der Waals surface area contributed by atoms with Gasteiger partial charge in [-0.2, -0.15) is 0 Å². The molecule has 3 rings (SSSR count). The van der Waals surface area contributed by atoms with Crippen LogP contribution in [-0.2, 0) is 22.0 Å². The molecule has 0 radical (unpaired) electrons. The molecule has 1 atom stereocenters. The first-order valence-electron chi connectivity index (χ1n) is 9.00. The molecule has 144 valence electrons. The Bertz CT molecular complexity index is 930. The highest BCUT2D eigenvalue weighted by Gasteiger charge is 2.19. The molecule has 1 aliphatic heterocycles. The largest absolute Gasteiger partial charge is 0.486 e. The molecule has 1 heterocycles. The maximum absolute atomic E-state index is 12.6. The van der Waals surface area contributed by atoms with Crippen LogP contribution in [0.2, 0.25) is 0 Å². The number of rotatable bonds is 6. The lowest BCUT2D eigenvalue weighted by atomic mass is 10.0. The van der Waals surface area contributed by atoms with Gasteiger partial charge in [0.05, 0.1) is 11.0 Å². The van der Waals surface area contributed by atoms with E-state index in [1.807, 2.05) is 25.1 Å². The van der Waals surface area contributed by atoms with E-state index in [0.717, 1.165) is 5.56 Å². The van der Waals surface area contributed by atoms with E-state index in [-0.39, 0.29) is 24.1 Å². The van der Waals surface area contributed by atoms with E-state index in [1.54, 1.807) is 38.1 Å². The zero-order valence-corrected chi connectivity index (χ0v) is 16.6. The lowest BCUT2D eigenvalue weighted by Crippen LogP contribution is -2.25. The predicted molar refractivity (Wildman–Crippen MR) is 104 cm³/mol. The van der Waals surface area contributed by atoms with E-state index < -0.39 is 15.1 Å². The summed E-state index contributed by atoms with van der Waals surface area (Å²) in [5.41, 5.74) is 2.10. The van der Waals surface area contributed by atoms with E-state index in [1.165, 1.54) is 0 Å². The van der Waals surface area contributed by atoms with E-state index in [4.69, 9.17) is 9.47 Å². The Morgan fingerprint density at radius 3 is 2.41 bits per heavy atom. The molecule has 27 heavy (non-hydrogen) atoms. The molecule has 0 saturated heterocycles.